The van der Waals surface area contributed by atoms with E-state index >= 15 is 0 Å². The van der Waals surface area contributed by atoms with Gasteiger partial charge in [0.15, 0.2) is 17.5 Å². The van der Waals surface area contributed by atoms with E-state index in [1.165, 1.54) is 32.7 Å². The maximum Gasteiger partial charge on any atom is 0.164 e. The van der Waals surface area contributed by atoms with Gasteiger partial charge in [-0.25, -0.2) is 19.9 Å². The molecular weight excluding hydrogens is 695 g/mol. The first-order valence-electron chi connectivity index (χ1n) is 19.1. The Morgan fingerprint density at radius 1 is 0.333 bits per heavy atom. The van der Waals surface area contributed by atoms with E-state index in [0.29, 0.717) is 17.5 Å². The van der Waals surface area contributed by atoms with Crippen molar-refractivity contribution in [3.63, 3.8) is 0 Å². The number of benzene rings is 8. The summed E-state index contributed by atoms with van der Waals surface area (Å²) in [6.45, 7) is 0. The molecule has 0 saturated heterocycles. The second-order valence-electron chi connectivity index (χ2n) is 14.3. The smallest absolute Gasteiger partial charge is 0.164 e. The number of nitrogens with zero attached hydrogens (tertiary/aromatic N) is 5. The molecule has 11 rings (SSSR count). The third kappa shape index (κ3) is 5.72. The Labute approximate surface area is 329 Å². The molecule has 5 heteroatoms. The average Bonchev–Trinajstić information content (AvgIpc) is 3.63. The van der Waals surface area contributed by atoms with E-state index in [4.69, 9.17) is 19.9 Å². The highest BCUT2D eigenvalue weighted by molar-refractivity contribution is 6.24. The molecule has 0 spiro atoms. The van der Waals surface area contributed by atoms with Gasteiger partial charge in [-0.15, -0.1) is 0 Å². The SMILES string of the molecule is c1ccc(-c2ccc3c4c5ccccc5c(-c5ccccc5)cc4n(-c4cc(-c5nc(-c6ccccc6)nc(-c6ccc7ccccc7c6)n5)ccn4)c3c2)cc1. The first kappa shape index (κ1) is 32.7. The lowest BCUT2D eigenvalue weighted by molar-refractivity contribution is 1.05. The highest BCUT2D eigenvalue weighted by atomic mass is 15.1. The second kappa shape index (κ2) is 13.5. The van der Waals surface area contributed by atoms with Crippen LogP contribution in [0.3, 0.4) is 0 Å². The maximum atomic E-state index is 5.14. The van der Waals surface area contributed by atoms with Crippen molar-refractivity contribution in [2.24, 2.45) is 0 Å². The molecule has 0 N–H and O–H groups in total. The summed E-state index contributed by atoms with van der Waals surface area (Å²) < 4.78 is 2.31. The van der Waals surface area contributed by atoms with E-state index in [9.17, 15) is 0 Å². The Kier molecular flexibility index (Phi) is 7.74. The molecule has 0 aliphatic carbocycles. The second-order valence-corrected chi connectivity index (χ2v) is 14.3. The first-order valence-corrected chi connectivity index (χ1v) is 19.1. The molecule has 0 fully saturated rings. The highest BCUT2D eigenvalue weighted by Gasteiger charge is 2.20. The van der Waals surface area contributed by atoms with Gasteiger partial charge in [0.2, 0.25) is 0 Å². The van der Waals surface area contributed by atoms with Gasteiger partial charge < -0.3 is 0 Å². The number of pyridine rings is 1. The Bertz CT molecular complexity index is 3280. The van der Waals surface area contributed by atoms with E-state index < -0.39 is 0 Å². The molecule has 8 aromatic carbocycles. The summed E-state index contributed by atoms with van der Waals surface area (Å²) in [4.78, 5) is 20.3. The minimum absolute atomic E-state index is 0.580. The Morgan fingerprint density at radius 3 is 1.65 bits per heavy atom. The van der Waals surface area contributed by atoms with Crippen LogP contribution in [0.4, 0.5) is 0 Å². The predicted molar refractivity (Wildman–Crippen MR) is 234 cm³/mol. The molecule has 0 amide bonds. The van der Waals surface area contributed by atoms with Gasteiger partial charge in [-0.2, -0.15) is 0 Å². The van der Waals surface area contributed by atoms with Crippen molar-refractivity contribution in [2.45, 2.75) is 0 Å². The van der Waals surface area contributed by atoms with Crippen LogP contribution >= 0.6 is 0 Å². The van der Waals surface area contributed by atoms with Crippen molar-refractivity contribution in [2.75, 3.05) is 0 Å². The van der Waals surface area contributed by atoms with Crippen LogP contribution in [0.1, 0.15) is 0 Å². The Morgan fingerprint density at radius 2 is 0.912 bits per heavy atom. The van der Waals surface area contributed by atoms with Gasteiger partial charge >= 0.3 is 0 Å². The van der Waals surface area contributed by atoms with E-state index in [0.717, 1.165) is 55.4 Å². The summed E-state index contributed by atoms with van der Waals surface area (Å²) in [6, 6.07) is 68.0. The summed E-state index contributed by atoms with van der Waals surface area (Å²) in [6.07, 6.45) is 1.87. The zero-order valence-corrected chi connectivity index (χ0v) is 30.8. The van der Waals surface area contributed by atoms with Gasteiger partial charge in [-0.3, -0.25) is 4.57 Å². The van der Waals surface area contributed by atoms with E-state index in [2.05, 4.69) is 162 Å². The molecule has 57 heavy (non-hydrogen) atoms. The number of hydrogen-bond donors (Lipinski definition) is 0. The zero-order valence-electron chi connectivity index (χ0n) is 30.8. The zero-order chi connectivity index (χ0) is 37.7. The molecule has 0 atom stereocenters. The lowest BCUT2D eigenvalue weighted by Crippen LogP contribution is -2.02. The summed E-state index contributed by atoms with van der Waals surface area (Å²) in [7, 11) is 0. The number of aromatic nitrogens is 5. The van der Waals surface area contributed by atoms with Crippen LogP contribution in [0.2, 0.25) is 0 Å². The van der Waals surface area contributed by atoms with Crippen LogP contribution < -0.4 is 0 Å². The molecule has 0 aliphatic heterocycles. The number of hydrogen-bond acceptors (Lipinski definition) is 4. The van der Waals surface area contributed by atoms with Crippen LogP contribution in [0.5, 0.6) is 0 Å². The molecule has 0 unspecified atom stereocenters. The van der Waals surface area contributed by atoms with Gasteiger partial charge in [0.05, 0.1) is 11.0 Å². The summed E-state index contributed by atoms with van der Waals surface area (Å²) in [5.41, 5.74) is 9.49. The van der Waals surface area contributed by atoms with Crippen LogP contribution in [0.25, 0.3) is 106 Å². The molecule has 3 heterocycles. The molecule has 5 nitrogen and oxygen atoms in total. The number of fused-ring (bicyclic) bond motifs is 6. The minimum Gasteiger partial charge on any atom is -0.294 e. The van der Waals surface area contributed by atoms with Gasteiger partial charge in [0.25, 0.3) is 0 Å². The van der Waals surface area contributed by atoms with Crippen molar-refractivity contribution in [3.05, 3.63) is 200 Å². The molecule has 0 saturated carbocycles. The molecule has 3 aromatic heterocycles. The van der Waals surface area contributed by atoms with Crippen LogP contribution in [0.15, 0.2) is 200 Å². The fourth-order valence-electron chi connectivity index (χ4n) is 8.15. The topological polar surface area (TPSA) is 56.5 Å². The fourth-order valence-corrected chi connectivity index (χ4v) is 8.15. The molecule has 0 aliphatic rings. The third-order valence-corrected chi connectivity index (χ3v) is 10.9. The van der Waals surface area contributed by atoms with Crippen molar-refractivity contribution in [3.8, 4) is 62.2 Å². The quantitative estimate of drug-likeness (QED) is 0.171. The van der Waals surface area contributed by atoms with Gasteiger partial charge in [-0.1, -0.05) is 164 Å². The Balaban J connectivity index is 1.17. The molecule has 0 radical (unpaired) electrons. The van der Waals surface area contributed by atoms with Gasteiger partial charge in [-0.05, 0) is 74.1 Å². The first-order chi connectivity index (χ1) is 28.2. The standard InChI is InChI=1S/C52H33N5/c1-4-14-34(15-5-1)39-26-27-44-46(31-39)57(47-33-45(36-17-6-2-7-18-36)42-22-12-13-23-43(42)49(44)47)48-32-41(28-29-53-48)52-55-50(37-19-8-3-9-20-37)54-51(56-52)40-25-24-35-16-10-11-21-38(35)30-40/h1-33H. The van der Waals surface area contributed by atoms with E-state index in [1.54, 1.807) is 0 Å². The van der Waals surface area contributed by atoms with E-state index in [1.807, 2.05) is 42.6 Å². The summed E-state index contributed by atoms with van der Waals surface area (Å²) >= 11 is 0. The van der Waals surface area contributed by atoms with E-state index in [-0.39, 0.29) is 0 Å². The van der Waals surface area contributed by atoms with Crippen molar-refractivity contribution in [1.29, 1.82) is 0 Å². The Hall–Kier alpha value is -7.76. The maximum absolute atomic E-state index is 5.14. The molecule has 266 valence electrons. The lowest BCUT2D eigenvalue weighted by atomic mass is 9.94. The fraction of sp³-hybridized carbons (Fsp3) is 0. The van der Waals surface area contributed by atoms with Gasteiger partial charge in [0.1, 0.15) is 5.82 Å². The van der Waals surface area contributed by atoms with Gasteiger partial charge in [0, 0.05) is 33.7 Å². The predicted octanol–water partition coefficient (Wildman–Crippen LogP) is 13.0. The molecular formula is C52H33N5. The van der Waals surface area contributed by atoms with Crippen LogP contribution in [-0.2, 0) is 0 Å². The monoisotopic (exact) mass is 727 g/mol. The third-order valence-electron chi connectivity index (χ3n) is 10.9. The van der Waals surface area contributed by atoms with Crippen LogP contribution in [0, 0.1) is 0 Å². The van der Waals surface area contributed by atoms with Crippen molar-refractivity contribution in [1.82, 2.24) is 24.5 Å². The highest BCUT2D eigenvalue weighted by Crippen LogP contribution is 2.42. The number of rotatable bonds is 6. The summed E-state index contributed by atoms with van der Waals surface area (Å²) in [5.74, 6) is 2.59. The molecule has 0 bridgehead atoms. The van der Waals surface area contributed by atoms with Crippen molar-refractivity contribution >= 4 is 43.4 Å². The lowest BCUT2D eigenvalue weighted by Gasteiger charge is -2.13. The minimum atomic E-state index is 0.580. The normalized spacial score (nSPS) is 11.5. The molecule has 11 aromatic rings. The van der Waals surface area contributed by atoms with Crippen molar-refractivity contribution < 1.29 is 0 Å². The summed E-state index contributed by atoms with van der Waals surface area (Å²) in [5, 5.41) is 7.07. The van der Waals surface area contributed by atoms with Crippen LogP contribution in [-0.4, -0.2) is 24.5 Å². The average molecular weight is 728 g/mol. The largest absolute Gasteiger partial charge is 0.294 e.